The van der Waals surface area contributed by atoms with Crippen molar-refractivity contribution in [1.82, 2.24) is 15.0 Å². The fourth-order valence-electron chi connectivity index (χ4n) is 2.49. The Bertz CT molecular complexity index is 909. The van der Waals surface area contributed by atoms with Gasteiger partial charge in [-0.3, -0.25) is 9.78 Å². The third-order valence-corrected chi connectivity index (χ3v) is 5.54. The Morgan fingerprint density at radius 1 is 1.44 bits per heavy atom. The van der Waals surface area contributed by atoms with Gasteiger partial charge in [-0.2, -0.15) is 0 Å². The number of rotatable bonds is 5. The fourth-order valence-corrected chi connectivity index (χ4v) is 3.95. The second-order valence-electron chi connectivity index (χ2n) is 5.94. The topological polar surface area (TPSA) is 106 Å². The van der Waals surface area contributed by atoms with Gasteiger partial charge in [0.05, 0.1) is 23.8 Å². The van der Waals surface area contributed by atoms with Crippen LogP contribution in [0.5, 0.6) is 0 Å². The molecule has 138 valence electrons. The van der Waals surface area contributed by atoms with Crippen LogP contribution in [0.1, 0.15) is 29.5 Å². The molecule has 1 aliphatic heterocycles. The summed E-state index contributed by atoms with van der Waals surface area (Å²) in [6.45, 7) is 1.99. The first kappa shape index (κ1) is 19.2. The maximum Gasteiger partial charge on any atom is 0.275 e. The van der Waals surface area contributed by atoms with Gasteiger partial charge in [0.1, 0.15) is 16.3 Å². The van der Waals surface area contributed by atoms with Crippen molar-refractivity contribution < 1.29 is 4.79 Å². The van der Waals surface area contributed by atoms with E-state index in [0.29, 0.717) is 21.6 Å². The second-order valence-corrected chi connectivity index (χ2v) is 8.05. The Balaban J connectivity index is 1.73. The minimum Gasteiger partial charge on any atom is -0.379 e. The van der Waals surface area contributed by atoms with E-state index in [-0.39, 0.29) is 11.6 Å². The molecule has 0 fully saturated rings. The van der Waals surface area contributed by atoms with Gasteiger partial charge in [-0.1, -0.05) is 29.4 Å². The molecule has 7 nitrogen and oxygen atoms in total. The highest BCUT2D eigenvalue weighted by Gasteiger charge is 2.31. The van der Waals surface area contributed by atoms with Gasteiger partial charge in [0.15, 0.2) is 5.17 Å². The van der Waals surface area contributed by atoms with Crippen LogP contribution in [0.3, 0.4) is 0 Å². The number of amidine groups is 1. The Labute approximate surface area is 166 Å². The average Bonchev–Trinajstić information content (AvgIpc) is 2.67. The summed E-state index contributed by atoms with van der Waals surface area (Å²) in [4.78, 5) is 29.7. The van der Waals surface area contributed by atoms with Crippen LogP contribution >= 0.6 is 23.5 Å². The summed E-state index contributed by atoms with van der Waals surface area (Å²) in [6, 6.07) is 3.54. The molecule has 1 amide bonds. The summed E-state index contributed by atoms with van der Waals surface area (Å²) in [6.07, 6.45) is 10.7. The molecule has 0 aromatic carbocycles. The van der Waals surface area contributed by atoms with Gasteiger partial charge in [0.25, 0.3) is 5.91 Å². The van der Waals surface area contributed by atoms with E-state index in [9.17, 15) is 4.79 Å². The molecule has 0 radical (unpaired) electrons. The Morgan fingerprint density at radius 3 is 3.00 bits per heavy atom. The molecule has 1 atom stereocenters. The number of carbonyl (C=O) groups is 1. The van der Waals surface area contributed by atoms with E-state index in [1.54, 1.807) is 12.3 Å². The van der Waals surface area contributed by atoms with E-state index in [1.165, 1.54) is 35.9 Å². The molecule has 3 rings (SSSR count). The highest BCUT2D eigenvalue weighted by Crippen LogP contribution is 2.34. The van der Waals surface area contributed by atoms with Crippen molar-refractivity contribution in [3.63, 3.8) is 0 Å². The van der Waals surface area contributed by atoms with Gasteiger partial charge >= 0.3 is 0 Å². The lowest BCUT2D eigenvalue weighted by atomic mass is 9.94. The number of anilines is 1. The van der Waals surface area contributed by atoms with Crippen molar-refractivity contribution in [1.29, 1.82) is 0 Å². The number of nitrogens with one attached hydrogen (secondary N) is 1. The third-order valence-electron chi connectivity index (χ3n) is 3.93. The molecule has 2 aromatic rings. The summed E-state index contributed by atoms with van der Waals surface area (Å²) >= 11 is 2.92. The minimum atomic E-state index is -0.494. The van der Waals surface area contributed by atoms with Crippen molar-refractivity contribution >= 4 is 40.3 Å². The molecule has 0 spiro atoms. The monoisotopic (exact) mass is 398 g/mol. The number of hydrogen-bond donors (Lipinski definition) is 2. The van der Waals surface area contributed by atoms with Gasteiger partial charge in [-0.05, 0) is 25.5 Å². The van der Waals surface area contributed by atoms with Crippen LogP contribution in [0.15, 0.2) is 40.7 Å². The number of nitrogens with zero attached hydrogens (tertiary/aromatic N) is 4. The lowest BCUT2D eigenvalue weighted by molar-refractivity contribution is 0.102. The second kappa shape index (κ2) is 8.41. The van der Waals surface area contributed by atoms with Crippen molar-refractivity contribution in [2.24, 2.45) is 10.7 Å². The number of aromatic nitrogens is 3. The van der Waals surface area contributed by atoms with Gasteiger partial charge in [-0.25, -0.2) is 15.0 Å². The van der Waals surface area contributed by atoms with E-state index < -0.39 is 5.54 Å². The summed E-state index contributed by atoms with van der Waals surface area (Å²) in [5.74, 6) is 3.55. The van der Waals surface area contributed by atoms with Crippen LogP contribution in [-0.2, 0) is 5.54 Å². The van der Waals surface area contributed by atoms with Crippen LogP contribution in [0.25, 0.3) is 0 Å². The predicted molar refractivity (Wildman–Crippen MR) is 110 cm³/mol. The first-order valence-corrected chi connectivity index (χ1v) is 10.1. The maximum atomic E-state index is 12.4. The third kappa shape index (κ3) is 4.78. The molecular formula is C18H18N6OS2. The van der Waals surface area contributed by atoms with Crippen molar-refractivity contribution in [2.75, 3.05) is 16.8 Å². The highest BCUT2D eigenvalue weighted by atomic mass is 32.2. The normalized spacial score (nSPS) is 19.0. The first-order chi connectivity index (χ1) is 13.0. The number of hydrogen-bond acceptors (Lipinski definition) is 8. The number of pyridine rings is 1. The van der Waals surface area contributed by atoms with Crippen LogP contribution in [0.2, 0.25) is 0 Å². The van der Waals surface area contributed by atoms with Gasteiger partial charge in [-0.15, -0.1) is 6.42 Å². The quantitative estimate of drug-likeness (QED) is 0.589. The van der Waals surface area contributed by atoms with Crippen molar-refractivity contribution in [2.45, 2.75) is 23.9 Å². The molecule has 0 bridgehead atoms. The fraction of sp³-hybridized carbons (Fsp3) is 0.278. The van der Waals surface area contributed by atoms with Gasteiger partial charge in [0, 0.05) is 17.6 Å². The predicted octanol–water partition coefficient (Wildman–Crippen LogP) is 2.52. The number of amides is 1. The van der Waals surface area contributed by atoms with Crippen LogP contribution in [0.4, 0.5) is 5.69 Å². The maximum absolute atomic E-state index is 12.4. The Kier molecular flexibility index (Phi) is 5.98. The van der Waals surface area contributed by atoms with Gasteiger partial charge < -0.3 is 11.1 Å². The van der Waals surface area contributed by atoms with E-state index in [4.69, 9.17) is 12.2 Å². The molecule has 0 saturated heterocycles. The molecule has 2 aromatic heterocycles. The van der Waals surface area contributed by atoms with E-state index >= 15 is 0 Å². The average molecular weight is 399 g/mol. The molecule has 1 unspecified atom stereocenters. The van der Waals surface area contributed by atoms with E-state index in [1.807, 2.05) is 13.0 Å². The number of terminal acetylenes is 1. The summed E-state index contributed by atoms with van der Waals surface area (Å²) in [5.41, 5.74) is 6.98. The first-order valence-electron chi connectivity index (χ1n) is 8.14. The van der Waals surface area contributed by atoms with Crippen LogP contribution in [0, 0.1) is 12.3 Å². The lowest BCUT2D eigenvalue weighted by Crippen LogP contribution is -2.29. The number of nitrogens with two attached hydrogens (primary N) is 1. The number of aliphatic imine (C=N–C) groups is 1. The SMILES string of the molecule is C#CCSc1cnc(C(=O)Nc2ccnc(C3(C)CCSC(N)=N3)c2)cn1. The van der Waals surface area contributed by atoms with E-state index in [2.05, 4.69) is 31.2 Å². The zero-order valence-corrected chi connectivity index (χ0v) is 16.3. The van der Waals surface area contributed by atoms with Crippen LogP contribution in [-0.4, -0.2) is 37.5 Å². The molecule has 0 saturated carbocycles. The van der Waals surface area contributed by atoms with Crippen molar-refractivity contribution in [3.8, 4) is 12.3 Å². The Morgan fingerprint density at radius 2 is 2.30 bits per heavy atom. The van der Waals surface area contributed by atoms with E-state index in [0.717, 1.165) is 17.9 Å². The number of carbonyl (C=O) groups excluding carboxylic acids is 1. The summed E-state index contributed by atoms with van der Waals surface area (Å²) < 4.78 is 0. The standard InChI is InChI=1S/C18H18N6OS2/c1-3-7-26-15-11-21-13(10-22-15)16(25)23-12-4-6-20-14(9-12)18(2)5-8-27-17(19)24-18/h1,4,6,9-11H,5,7-8H2,2H3,(H2,19,24)(H,20,23,25). The highest BCUT2D eigenvalue weighted by molar-refractivity contribution is 8.13. The largest absolute Gasteiger partial charge is 0.379 e. The number of thioether (sulfide) groups is 2. The molecule has 1 aliphatic rings. The molecule has 9 heteroatoms. The lowest BCUT2D eigenvalue weighted by Gasteiger charge is -2.28. The Hall–Kier alpha value is -2.57. The van der Waals surface area contributed by atoms with Crippen molar-refractivity contribution in [3.05, 3.63) is 42.1 Å². The smallest absolute Gasteiger partial charge is 0.275 e. The summed E-state index contributed by atoms with van der Waals surface area (Å²) in [5, 5.41) is 4.05. The molecular weight excluding hydrogens is 380 g/mol. The minimum absolute atomic E-state index is 0.223. The zero-order chi connectivity index (χ0) is 19.3. The molecule has 3 N–H and O–H groups in total. The molecule has 3 heterocycles. The summed E-state index contributed by atoms with van der Waals surface area (Å²) in [7, 11) is 0. The van der Waals surface area contributed by atoms with Crippen LogP contribution < -0.4 is 11.1 Å². The van der Waals surface area contributed by atoms with Gasteiger partial charge in [0.2, 0.25) is 0 Å². The zero-order valence-electron chi connectivity index (χ0n) is 14.7. The molecule has 0 aliphatic carbocycles. The molecule has 27 heavy (non-hydrogen) atoms.